The summed E-state index contributed by atoms with van der Waals surface area (Å²) in [5.74, 6) is -0.214. The lowest BCUT2D eigenvalue weighted by Crippen LogP contribution is -2.26. The summed E-state index contributed by atoms with van der Waals surface area (Å²) in [7, 11) is 0. The van der Waals surface area contributed by atoms with E-state index in [2.05, 4.69) is 10.3 Å². The molecule has 2 heterocycles. The lowest BCUT2D eigenvalue weighted by molar-refractivity contribution is -0.115. The summed E-state index contributed by atoms with van der Waals surface area (Å²) in [5.41, 5.74) is 3.38. The Morgan fingerprint density at radius 3 is 2.74 bits per heavy atom. The minimum Gasteiger partial charge on any atom is -0.320 e. The van der Waals surface area contributed by atoms with Crippen LogP contribution < -0.4 is 10.9 Å². The van der Waals surface area contributed by atoms with Gasteiger partial charge in [0.25, 0.3) is 5.56 Å². The van der Waals surface area contributed by atoms with E-state index in [1.807, 2.05) is 43.5 Å². The van der Waals surface area contributed by atoms with E-state index in [1.165, 1.54) is 15.7 Å². The molecule has 0 radical (unpaired) electrons. The zero-order valence-electron chi connectivity index (χ0n) is 13.2. The smallest absolute Gasteiger partial charge is 0.282 e. The number of hydrogen-bond acceptors (Lipinski definition) is 4. The van der Waals surface area contributed by atoms with Crippen molar-refractivity contribution in [3.05, 3.63) is 62.5 Å². The molecule has 0 saturated heterocycles. The molecule has 3 aromatic rings. The van der Waals surface area contributed by atoms with Gasteiger partial charge in [-0.2, -0.15) is 0 Å². The number of aromatic nitrogens is 2. The number of anilines is 1. The highest BCUT2D eigenvalue weighted by molar-refractivity contribution is 7.15. The van der Waals surface area contributed by atoms with Crippen molar-refractivity contribution in [2.75, 3.05) is 5.32 Å². The molecule has 0 aliphatic carbocycles. The van der Waals surface area contributed by atoms with Gasteiger partial charge in [-0.05, 0) is 31.9 Å². The molecular weight excluding hydrogens is 310 g/mol. The summed E-state index contributed by atoms with van der Waals surface area (Å²) in [5, 5.41) is 4.61. The first kappa shape index (κ1) is 15.4. The largest absolute Gasteiger partial charge is 0.320 e. The van der Waals surface area contributed by atoms with Gasteiger partial charge in [-0.15, -0.1) is 11.3 Å². The summed E-state index contributed by atoms with van der Waals surface area (Å²) in [6, 6.07) is 7.71. The standard InChI is InChI=1S/C17H17N3O2S/c1-10-6-4-5-7-13(10)8-14(21)19-15-12(3)18-17-20(16(15)22)11(2)9-23-17/h4-7,9H,8H2,1-3H3,(H,19,21). The molecule has 0 fully saturated rings. The number of nitrogens with one attached hydrogen (secondary N) is 1. The first-order chi connectivity index (χ1) is 11.0. The van der Waals surface area contributed by atoms with Gasteiger partial charge in [-0.1, -0.05) is 24.3 Å². The van der Waals surface area contributed by atoms with E-state index in [9.17, 15) is 9.59 Å². The van der Waals surface area contributed by atoms with Crippen LogP contribution in [-0.2, 0) is 11.2 Å². The van der Waals surface area contributed by atoms with E-state index in [-0.39, 0.29) is 23.6 Å². The van der Waals surface area contributed by atoms with Crippen LogP contribution in [0.2, 0.25) is 0 Å². The van der Waals surface area contributed by atoms with Crippen molar-refractivity contribution in [2.45, 2.75) is 27.2 Å². The van der Waals surface area contributed by atoms with E-state index in [0.717, 1.165) is 16.8 Å². The van der Waals surface area contributed by atoms with E-state index in [4.69, 9.17) is 0 Å². The maximum atomic E-state index is 12.6. The van der Waals surface area contributed by atoms with Crippen molar-refractivity contribution in [1.29, 1.82) is 0 Å². The quantitative estimate of drug-likeness (QED) is 0.804. The molecule has 5 nitrogen and oxygen atoms in total. The molecule has 1 N–H and O–H groups in total. The number of rotatable bonds is 3. The Hall–Kier alpha value is -2.47. The third-order valence-electron chi connectivity index (χ3n) is 3.80. The average Bonchev–Trinajstić information content (AvgIpc) is 2.87. The zero-order chi connectivity index (χ0) is 16.6. The summed E-state index contributed by atoms with van der Waals surface area (Å²) in [6.07, 6.45) is 0.233. The van der Waals surface area contributed by atoms with E-state index >= 15 is 0 Å². The minimum atomic E-state index is -0.232. The topological polar surface area (TPSA) is 63.5 Å². The van der Waals surface area contributed by atoms with Crippen LogP contribution >= 0.6 is 11.3 Å². The number of carbonyl (C=O) groups excluding carboxylic acids is 1. The highest BCUT2D eigenvalue weighted by Crippen LogP contribution is 2.16. The molecule has 0 aliphatic rings. The first-order valence-electron chi connectivity index (χ1n) is 7.29. The SMILES string of the molecule is Cc1ccccc1CC(=O)Nc1c(C)nc2scc(C)n2c1=O. The van der Waals surface area contributed by atoms with Crippen LogP contribution in [0.3, 0.4) is 0 Å². The third-order valence-corrected chi connectivity index (χ3v) is 4.74. The number of fused-ring (bicyclic) bond motifs is 1. The Morgan fingerprint density at radius 1 is 1.26 bits per heavy atom. The van der Waals surface area contributed by atoms with Crippen molar-refractivity contribution in [3.63, 3.8) is 0 Å². The van der Waals surface area contributed by atoms with Crippen LogP contribution in [0, 0.1) is 20.8 Å². The molecule has 1 aromatic carbocycles. The monoisotopic (exact) mass is 327 g/mol. The molecule has 6 heteroatoms. The predicted molar refractivity (Wildman–Crippen MR) is 92.3 cm³/mol. The van der Waals surface area contributed by atoms with Gasteiger partial charge in [-0.25, -0.2) is 4.98 Å². The Labute approximate surface area is 137 Å². The highest BCUT2D eigenvalue weighted by atomic mass is 32.1. The maximum absolute atomic E-state index is 12.6. The van der Waals surface area contributed by atoms with Gasteiger partial charge in [-0.3, -0.25) is 14.0 Å². The summed E-state index contributed by atoms with van der Waals surface area (Å²) in [6.45, 7) is 5.55. The Kier molecular flexibility index (Phi) is 4.00. The fourth-order valence-electron chi connectivity index (χ4n) is 2.49. The molecule has 0 spiro atoms. The van der Waals surface area contributed by atoms with Gasteiger partial charge in [0.1, 0.15) is 5.69 Å². The Morgan fingerprint density at radius 2 is 2.00 bits per heavy atom. The molecule has 23 heavy (non-hydrogen) atoms. The van der Waals surface area contributed by atoms with Gasteiger partial charge < -0.3 is 5.32 Å². The first-order valence-corrected chi connectivity index (χ1v) is 8.17. The lowest BCUT2D eigenvalue weighted by Gasteiger charge is -2.09. The molecule has 0 bridgehead atoms. The van der Waals surface area contributed by atoms with Crippen LogP contribution in [0.4, 0.5) is 5.69 Å². The van der Waals surface area contributed by atoms with Gasteiger partial charge in [0.05, 0.1) is 12.1 Å². The van der Waals surface area contributed by atoms with Crippen molar-refractivity contribution in [3.8, 4) is 0 Å². The van der Waals surface area contributed by atoms with Crippen LogP contribution in [0.25, 0.3) is 4.96 Å². The number of hydrogen-bond donors (Lipinski definition) is 1. The van der Waals surface area contributed by atoms with Crippen LogP contribution in [0.1, 0.15) is 22.5 Å². The molecule has 0 aliphatic heterocycles. The van der Waals surface area contributed by atoms with E-state index in [1.54, 1.807) is 6.92 Å². The molecular formula is C17H17N3O2S. The molecule has 1 amide bonds. The second-order valence-corrected chi connectivity index (χ2v) is 6.36. The number of nitrogens with zero attached hydrogens (tertiary/aromatic N) is 2. The molecule has 2 aromatic heterocycles. The fourth-order valence-corrected chi connectivity index (χ4v) is 3.40. The molecule has 0 atom stereocenters. The minimum absolute atomic E-state index is 0.214. The number of carbonyl (C=O) groups is 1. The number of benzene rings is 1. The number of aryl methyl sites for hydroxylation is 3. The Bertz CT molecular complexity index is 956. The molecule has 118 valence electrons. The summed E-state index contributed by atoms with van der Waals surface area (Å²) < 4.78 is 1.53. The van der Waals surface area contributed by atoms with E-state index < -0.39 is 0 Å². The molecule has 0 unspecified atom stereocenters. The zero-order valence-corrected chi connectivity index (χ0v) is 14.0. The van der Waals surface area contributed by atoms with Crippen LogP contribution in [0.15, 0.2) is 34.4 Å². The van der Waals surface area contributed by atoms with Gasteiger partial charge in [0.2, 0.25) is 5.91 Å². The predicted octanol–water partition coefficient (Wildman–Crippen LogP) is 2.86. The third kappa shape index (κ3) is 2.90. The van der Waals surface area contributed by atoms with Crippen LogP contribution in [-0.4, -0.2) is 15.3 Å². The average molecular weight is 327 g/mol. The van der Waals surface area contributed by atoms with Crippen molar-refractivity contribution in [1.82, 2.24) is 9.38 Å². The maximum Gasteiger partial charge on any atom is 0.282 e. The highest BCUT2D eigenvalue weighted by Gasteiger charge is 2.15. The van der Waals surface area contributed by atoms with Crippen LogP contribution in [0.5, 0.6) is 0 Å². The van der Waals surface area contributed by atoms with Crippen molar-refractivity contribution in [2.24, 2.45) is 0 Å². The second kappa shape index (κ2) is 5.96. The van der Waals surface area contributed by atoms with Crippen molar-refractivity contribution >= 4 is 27.9 Å². The van der Waals surface area contributed by atoms with Gasteiger partial charge in [0, 0.05) is 11.1 Å². The lowest BCUT2D eigenvalue weighted by atomic mass is 10.1. The number of amides is 1. The fraction of sp³-hybridized carbons (Fsp3) is 0.235. The second-order valence-electron chi connectivity index (χ2n) is 5.52. The summed E-state index contributed by atoms with van der Waals surface area (Å²) >= 11 is 1.41. The Balaban J connectivity index is 1.92. The number of thiazole rings is 1. The van der Waals surface area contributed by atoms with Gasteiger partial charge >= 0.3 is 0 Å². The van der Waals surface area contributed by atoms with Crippen molar-refractivity contribution < 1.29 is 4.79 Å². The molecule has 3 rings (SSSR count). The van der Waals surface area contributed by atoms with Gasteiger partial charge in [0.15, 0.2) is 4.96 Å². The summed E-state index contributed by atoms with van der Waals surface area (Å²) in [4.78, 5) is 30.0. The van der Waals surface area contributed by atoms with E-state index in [0.29, 0.717) is 10.7 Å². The molecule has 0 saturated carbocycles. The normalized spacial score (nSPS) is 10.9.